The molecular formula is C13H18BrNO2. The van der Waals surface area contributed by atoms with Crippen LogP contribution in [-0.4, -0.2) is 16.0 Å². The molecule has 0 amide bonds. The second-order valence-corrected chi connectivity index (χ2v) is 6.08. The molecule has 2 atom stereocenters. The zero-order chi connectivity index (χ0) is 12.4. The molecule has 4 heteroatoms. The summed E-state index contributed by atoms with van der Waals surface area (Å²) in [7, 11) is 0. The summed E-state index contributed by atoms with van der Waals surface area (Å²) in [6.07, 6.45) is 4.07. The minimum Gasteiger partial charge on any atom is -0.373 e. The Balaban J connectivity index is 2.26. The topological polar surface area (TPSA) is 31.2 Å². The SMILES string of the molecule is CC(C)n1cc(C2CC(Br)CCO2)ccc1=O. The van der Waals surface area contributed by atoms with Crippen molar-refractivity contribution in [3.05, 3.63) is 34.2 Å². The molecule has 0 saturated carbocycles. The number of halogens is 1. The Kier molecular flexibility index (Phi) is 4.05. The van der Waals surface area contributed by atoms with Gasteiger partial charge in [-0.1, -0.05) is 15.9 Å². The zero-order valence-electron chi connectivity index (χ0n) is 10.2. The van der Waals surface area contributed by atoms with E-state index in [2.05, 4.69) is 15.9 Å². The lowest BCUT2D eigenvalue weighted by atomic mass is 10.0. The Morgan fingerprint density at radius 2 is 2.24 bits per heavy atom. The fourth-order valence-corrected chi connectivity index (χ4v) is 2.63. The molecule has 0 aliphatic carbocycles. The van der Waals surface area contributed by atoms with Gasteiger partial charge in [0.25, 0.3) is 5.56 Å². The summed E-state index contributed by atoms with van der Waals surface area (Å²) in [6.45, 7) is 4.81. The number of hydrogen-bond acceptors (Lipinski definition) is 2. The summed E-state index contributed by atoms with van der Waals surface area (Å²) in [4.78, 5) is 12.2. The van der Waals surface area contributed by atoms with Gasteiger partial charge in [-0.05, 0) is 38.3 Å². The molecule has 0 bridgehead atoms. The van der Waals surface area contributed by atoms with Crippen LogP contribution >= 0.6 is 15.9 Å². The van der Waals surface area contributed by atoms with Crippen LogP contribution in [0, 0.1) is 0 Å². The molecule has 0 N–H and O–H groups in total. The van der Waals surface area contributed by atoms with Gasteiger partial charge in [0.15, 0.2) is 0 Å². The number of pyridine rings is 1. The van der Waals surface area contributed by atoms with E-state index in [4.69, 9.17) is 4.74 Å². The van der Waals surface area contributed by atoms with Crippen LogP contribution in [0.15, 0.2) is 23.1 Å². The van der Waals surface area contributed by atoms with Crippen molar-refractivity contribution in [1.82, 2.24) is 4.57 Å². The molecule has 0 spiro atoms. The summed E-state index contributed by atoms with van der Waals surface area (Å²) >= 11 is 3.64. The van der Waals surface area contributed by atoms with Gasteiger partial charge in [0, 0.05) is 29.7 Å². The molecule has 17 heavy (non-hydrogen) atoms. The summed E-state index contributed by atoms with van der Waals surface area (Å²) in [5.74, 6) is 0. The molecule has 2 heterocycles. The van der Waals surface area contributed by atoms with Gasteiger partial charge in [-0.3, -0.25) is 4.79 Å². The Labute approximate surface area is 110 Å². The molecule has 1 aromatic rings. The lowest BCUT2D eigenvalue weighted by Crippen LogP contribution is -2.24. The quantitative estimate of drug-likeness (QED) is 0.786. The lowest BCUT2D eigenvalue weighted by molar-refractivity contribution is 0.0182. The first kappa shape index (κ1) is 12.8. The Hall–Kier alpha value is -0.610. The second-order valence-electron chi connectivity index (χ2n) is 4.78. The van der Waals surface area contributed by atoms with Crippen molar-refractivity contribution in [1.29, 1.82) is 0 Å². The minimum absolute atomic E-state index is 0.0509. The third-order valence-electron chi connectivity index (χ3n) is 3.11. The molecule has 1 fully saturated rings. The third kappa shape index (κ3) is 2.99. The van der Waals surface area contributed by atoms with Gasteiger partial charge < -0.3 is 9.30 Å². The average Bonchev–Trinajstić information content (AvgIpc) is 2.29. The van der Waals surface area contributed by atoms with E-state index in [-0.39, 0.29) is 17.7 Å². The predicted octanol–water partition coefficient (Wildman–Crippen LogP) is 3.04. The summed E-state index contributed by atoms with van der Waals surface area (Å²) < 4.78 is 7.52. The van der Waals surface area contributed by atoms with Gasteiger partial charge in [0.05, 0.1) is 6.10 Å². The highest BCUT2D eigenvalue weighted by Gasteiger charge is 2.22. The number of alkyl halides is 1. The van der Waals surface area contributed by atoms with Gasteiger partial charge in [-0.15, -0.1) is 0 Å². The lowest BCUT2D eigenvalue weighted by Gasteiger charge is -2.27. The van der Waals surface area contributed by atoms with Crippen molar-refractivity contribution in [2.45, 2.75) is 43.7 Å². The first-order valence-electron chi connectivity index (χ1n) is 6.05. The Morgan fingerprint density at radius 3 is 2.88 bits per heavy atom. The van der Waals surface area contributed by atoms with Crippen LogP contribution in [0.2, 0.25) is 0 Å². The van der Waals surface area contributed by atoms with Crippen LogP contribution in [0.3, 0.4) is 0 Å². The molecule has 1 aromatic heterocycles. The highest BCUT2D eigenvalue weighted by molar-refractivity contribution is 9.09. The van der Waals surface area contributed by atoms with E-state index in [1.165, 1.54) is 0 Å². The van der Waals surface area contributed by atoms with Crippen LogP contribution in [-0.2, 0) is 4.74 Å². The maximum absolute atomic E-state index is 11.7. The largest absolute Gasteiger partial charge is 0.373 e. The first-order valence-corrected chi connectivity index (χ1v) is 6.97. The highest BCUT2D eigenvalue weighted by atomic mass is 79.9. The van der Waals surface area contributed by atoms with E-state index in [0.29, 0.717) is 4.83 Å². The zero-order valence-corrected chi connectivity index (χ0v) is 11.8. The molecule has 0 aromatic carbocycles. The second kappa shape index (κ2) is 5.36. The monoisotopic (exact) mass is 299 g/mol. The summed E-state index contributed by atoms with van der Waals surface area (Å²) in [5.41, 5.74) is 1.15. The maximum atomic E-state index is 11.7. The van der Waals surface area contributed by atoms with Crippen molar-refractivity contribution >= 4 is 15.9 Å². The van der Waals surface area contributed by atoms with E-state index < -0.39 is 0 Å². The third-order valence-corrected chi connectivity index (χ3v) is 3.94. The van der Waals surface area contributed by atoms with Gasteiger partial charge >= 0.3 is 0 Å². The Bertz CT molecular complexity index is 441. The molecule has 2 unspecified atom stereocenters. The number of hydrogen-bond donors (Lipinski definition) is 0. The fourth-order valence-electron chi connectivity index (χ4n) is 2.10. The molecule has 1 saturated heterocycles. The molecule has 0 radical (unpaired) electrons. The van der Waals surface area contributed by atoms with Gasteiger partial charge in [0.1, 0.15) is 0 Å². The number of nitrogens with zero attached hydrogens (tertiary/aromatic N) is 1. The molecule has 94 valence electrons. The normalized spacial score (nSPS) is 25.2. The van der Waals surface area contributed by atoms with Crippen molar-refractivity contribution in [2.24, 2.45) is 0 Å². The predicted molar refractivity (Wildman–Crippen MR) is 71.7 cm³/mol. The van der Waals surface area contributed by atoms with Crippen molar-refractivity contribution < 1.29 is 4.74 Å². The molecule has 1 aliphatic heterocycles. The van der Waals surface area contributed by atoms with Crippen molar-refractivity contribution in [3.8, 4) is 0 Å². The molecule has 1 aliphatic rings. The van der Waals surface area contributed by atoms with E-state index in [1.807, 2.05) is 26.1 Å². The Morgan fingerprint density at radius 1 is 1.47 bits per heavy atom. The number of rotatable bonds is 2. The van der Waals surface area contributed by atoms with Crippen LogP contribution in [0.5, 0.6) is 0 Å². The fraction of sp³-hybridized carbons (Fsp3) is 0.615. The minimum atomic E-state index is 0.0509. The van der Waals surface area contributed by atoms with Crippen LogP contribution < -0.4 is 5.56 Å². The first-order chi connectivity index (χ1) is 8.08. The van der Waals surface area contributed by atoms with Gasteiger partial charge in [-0.25, -0.2) is 0 Å². The molecule has 3 nitrogen and oxygen atoms in total. The van der Waals surface area contributed by atoms with E-state index in [0.717, 1.165) is 25.0 Å². The summed E-state index contributed by atoms with van der Waals surface area (Å²) in [5, 5.41) is 0. The number of ether oxygens (including phenoxy) is 1. The van der Waals surface area contributed by atoms with E-state index >= 15 is 0 Å². The van der Waals surface area contributed by atoms with Gasteiger partial charge in [0.2, 0.25) is 0 Å². The van der Waals surface area contributed by atoms with Crippen LogP contribution in [0.4, 0.5) is 0 Å². The van der Waals surface area contributed by atoms with Crippen LogP contribution in [0.25, 0.3) is 0 Å². The smallest absolute Gasteiger partial charge is 0.250 e. The molecular weight excluding hydrogens is 282 g/mol. The van der Waals surface area contributed by atoms with Gasteiger partial charge in [-0.2, -0.15) is 0 Å². The van der Waals surface area contributed by atoms with Crippen molar-refractivity contribution in [2.75, 3.05) is 6.61 Å². The number of aromatic nitrogens is 1. The average molecular weight is 300 g/mol. The van der Waals surface area contributed by atoms with Crippen molar-refractivity contribution in [3.63, 3.8) is 0 Å². The van der Waals surface area contributed by atoms with Crippen LogP contribution in [0.1, 0.15) is 44.4 Å². The highest BCUT2D eigenvalue weighted by Crippen LogP contribution is 2.31. The maximum Gasteiger partial charge on any atom is 0.250 e. The standard InChI is InChI=1S/C13H18BrNO2/c1-9(2)15-8-10(3-4-13(15)16)12-7-11(14)5-6-17-12/h3-4,8-9,11-12H,5-7H2,1-2H3. The molecule has 2 rings (SSSR count). The van der Waals surface area contributed by atoms with E-state index in [1.54, 1.807) is 10.6 Å². The summed E-state index contributed by atoms with van der Waals surface area (Å²) in [6, 6.07) is 3.71. The van der Waals surface area contributed by atoms with E-state index in [9.17, 15) is 4.79 Å².